The van der Waals surface area contributed by atoms with Gasteiger partial charge in [0.1, 0.15) is 0 Å². The molecule has 0 spiro atoms. The van der Waals surface area contributed by atoms with Gasteiger partial charge in [-0.25, -0.2) is 0 Å². The number of anilines is 1. The summed E-state index contributed by atoms with van der Waals surface area (Å²) in [6.45, 7) is 9.10. The Morgan fingerprint density at radius 2 is 2.06 bits per heavy atom. The van der Waals surface area contributed by atoms with Crippen LogP contribution in [-0.2, 0) is 0 Å². The van der Waals surface area contributed by atoms with E-state index in [4.69, 9.17) is 0 Å². The van der Waals surface area contributed by atoms with Gasteiger partial charge in [0.15, 0.2) is 0 Å². The van der Waals surface area contributed by atoms with E-state index in [2.05, 4.69) is 50.6 Å². The standard InChI is InChI=1S/C13H20BrN3/c1-3-11(2)16-6-8-17(9-7-16)13-4-5-15-10-12(13)14/h4-5,10-11H,3,6-9H2,1-2H3. The van der Waals surface area contributed by atoms with Gasteiger partial charge in [-0.1, -0.05) is 6.92 Å². The molecule has 0 N–H and O–H groups in total. The van der Waals surface area contributed by atoms with Crippen LogP contribution in [0.25, 0.3) is 0 Å². The summed E-state index contributed by atoms with van der Waals surface area (Å²) in [7, 11) is 0. The van der Waals surface area contributed by atoms with Crippen molar-refractivity contribution in [3.63, 3.8) is 0 Å². The number of nitrogens with zero attached hydrogens (tertiary/aromatic N) is 3. The van der Waals surface area contributed by atoms with Crippen LogP contribution in [-0.4, -0.2) is 42.1 Å². The highest BCUT2D eigenvalue weighted by atomic mass is 79.9. The summed E-state index contributed by atoms with van der Waals surface area (Å²) in [4.78, 5) is 9.12. The van der Waals surface area contributed by atoms with Crippen molar-refractivity contribution in [1.29, 1.82) is 0 Å². The minimum atomic E-state index is 0.707. The maximum atomic E-state index is 4.11. The first-order valence-electron chi connectivity index (χ1n) is 6.31. The smallest absolute Gasteiger partial charge is 0.0592 e. The Morgan fingerprint density at radius 3 is 2.65 bits per heavy atom. The van der Waals surface area contributed by atoms with Crippen LogP contribution >= 0.6 is 15.9 Å². The van der Waals surface area contributed by atoms with Crippen LogP contribution in [0.3, 0.4) is 0 Å². The summed E-state index contributed by atoms with van der Waals surface area (Å²) < 4.78 is 1.09. The monoisotopic (exact) mass is 297 g/mol. The van der Waals surface area contributed by atoms with E-state index in [1.165, 1.54) is 12.1 Å². The molecule has 94 valence electrons. The van der Waals surface area contributed by atoms with Gasteiger partial charge >= 0.3 is 0 Å². The lowest BCUT2D eigenvalue weighted by atomic mass is 10.2. The summed E-state index contributed by atoms with van der Waals surface area (Å²) in [6, 6.07) is 2.79. The quantitative estimate of drug-likeness (QED) is 0.855. The van der Waals surface area contributed by atoms with Gasteiger partial charge in [0.25, 0.3) is 0 Å². The van der Waals surface area contributed by atoms with Crippen molar-refractivity contribution < 1.29 is 0 Å². The summed E-state index contributed by atoms with van der Waals surface area (Å²) in [6.07, 6.45) is 4.97. The van der Waals surface area contributed by atoms with Crippen LogP contribution in [0.2, 0.25) is 0 Å². The van der Waals surface area contributed by atoms with Gasteiger partial charge in [-0.3, -0.25) is 9.88 Å². The second-order valence-electron chi connectivity index (χ2n) is 4.61. The molecule has 1 aromatic rings. The van der Waals surface area contributed by atoms with Crippen molar-refractivity contribution in [1.82, 2.24) is 9.88 Å². The second-order valence-corrected chi connectivity index (χ2v) is 5.46. The fourth-order valence-electron chi connectivity index (χ4n) is 2.29. The Morgan fingerprint density at radius 1 is 1.35 bits per heavy atom. The SMILES string of the molecule is CCC(C)N1CCN(c2ccncc2Br)CC1. The molecule has 1 aromatic heterocycles. The number of hydrogen-bond donors (Lipinski definition) is 0. The van der Waals surface area contributed by atoms with Crippen molar-refractivity contribution in [3.8, 4) is 0 Å². The molecule has 1 unspecified atom stereocenters. The predicted octanol–water partition coefficient (Wildman–Crippen LogP) is 2.76. The maximum absolute atomic E-state index is 4.11. The Bertz CT molecular complexity index is 361. The minimum Gasteiger partial charge on any atom is -0.368 e. The highest BCUT2D eigenvalue weighted by Crippen LogP contribution is 2.25. The molecule has 1 saturated heterocycles. The molecule has 1 atom stereocenters. The van der Waals surface area contributed by atoms with Crippen LogP contribution in [0.5, 0.6) is 0 Å². The summed E-state index contributed by atoms with van der Waals surface area (Å²) >= 11 is 3.57. The molecule has 1 aliphatic heterocycles. The van der Waals surface area contributed by atoms with E-state index in [1.54, 1.807) is 0 Å². The highest BCUT2D eigenvalue weighted by molar-refractivity contribution is 9.10. The lowest BCUT2D eigenvalue weighted by molar-refractivity contribution is 0.193. The Balaban J connectivity index is 1.98. The molecular formula is C13H20BrN3. The third kappa shape index (κ3) is 2.99. The minimum absolute atomic E-state index is 0.707. The molecule has 2 heterocycles. The number of hydrogen-bond acceptors (Lipinski definition) is 3. The van der Waals surface area contributed by atoms with Gasteiger partial charge in [0, 0.05) is 44.6 Å². The van der Waals surface area contributed by atoms with E-state index in [0.717, 1.165) is 30.7 Å². The highest BCUT2D eigenvalue weighted by Gasteiger charge is 2.21. The topological polar surface area (TPSA) is 19.4 Å². The summed E-state index contributed by atoms with van der Waals surface area (Å²) in [5.41, 5.74) is 1.27. The first-order valence-corrected chi connectivity index (χ1v) is 7.10. The van der Waals surface area contributed by atoms with Crippen LogP contribution in [0.15, 0.2) is 22.9 Å². The second kappa shape index (κ2) is 5.83. The van der Waals surface area contributed by atoms with Crippen molar-refractivity contribution in [2.45, 2.75) is 26.3 Å². The van der Waals surface area contributed by atoms with E-state index in [0.29, 0.717) is 6.04 Å². The van der Waals surface area contributed by atoms with Gasteiger partial charge in [-0.05, 0) is 35.3 Å². The maximum Gasteiger partial charge on any atom is 0.0592 e. The van der Waals surface area contributed by atoms with E-state index in [-0.39, 0.29) is 0 Å². The van der Waals surface area contributed by atoms with Crippen LogP contribution in [0.1, 0.15) is 20.3 Å². The molecule has 4 heteroatoms. The number of piperazine rings is 1. The largest absolute Gasteiger partial charge is 0.368 e. The fourth-order valence-corrected chi connectivity index (χ4v) is 2.79. The molecule has 0 saturated carbocycles. The first-order chi connectivity index (χ1) is 8.22. The van der Waals surface area contributed by atoms with Crippen LogP contribution in [0.4, 0.5) is 5.69 Å². The molecule has 0 bridgehead atoms. The normalized spacial score (nSPS) is 19.4. The van der Waals surface area contributed by atoms with Crippen molar-refractivity contribution in [2.75, 3.05) is 31.1 Å². The molecule has 0 aromatic carbocycles. The Hall–Kier alpha value is -0.610. The fraction of sp³-hybridized carbons (Fsp3) is 0.615. The average molecular weight is 298 g/mol. The molecule has 0 radical (unpaired) electrons. The van der Waals surface area contributed by atoms with E-state index >= 15 is 0 Å². The Kier molecular flexibility index (Phi) is 4.40. The third-order valence-electron chi connectivity index (χ3n) is 3.62. The molecule has 17 heavy (non-hydrogen) atoms. The Labute approximate surface area is 112 Å². The molecule has 2 rings (SSSR count). The van der Waals surface area contributed by atoms with Gasteiger partial charge in [-0.15, -0.1) is 0 Å². The molecular weight excluding hydrogens is 278 g/mol. The van der Waals surface area contributed by atoms with Crippen LogP contribution < -0.4 is 4.90 Å². The van der Waals surface area contributed by atoms with Crippen molar-refractivity contribution in [2.24, 2.45) is 0 Å². The van der Waals surface area contributed by atoms with Gasteiger partial charge < -0.3 is 4.90 Å². The lowest BCUT2D eigenvalue weighted by Gasteiger charge is -2.39. The first kappa shape index (κ1) is 12.8. The molecule has 0 aliphatic carbocycles. The summed E-state index contributed by atoms with van der Waals surface area (Å²) in [5.74, 6) is 0. The average Bonchev–Trinajstić information content (AvgIpc) is 2.39. The molecule has 1 aliphatic rings. The zero-order valence-electron chi connectivity index (χ0n) is 10.6. The number of halogens is 1. The van der Waals surface area contributed by atoms with Crippen molar-refractivity contribution >= 4 is 21.6 Å². The lowest BCUT2D eigenvalue weighted by Crippen LogP contribution is -2.49. The van der Waals surface area contributed by atoms with E-state index in [1.807, 2.05) is 12.4 Å². The predicted molar refractivity (Wildman–Crippen MR) is 75.5 cm³/mol. The third-order valence-corrected chi connectivity index (χ3v) is 4.23. The van der Waals surface area contributed by atoms with Crippen LogP contribution in [0, 0.1) is 0 Å². The zero-order valence-corrected chi connectivity index (χ0v) is 12.2. The van der Waals surface area contributed by atoms with Gasteiger partial charge in [0.2, 0.25) is 0 Å². The van der Waals surface area contributed by atoms with Gasteiger partial charge in [0.05, 0.1) is 10.2 Å². The number of pyridine rings is 1. The molecule has 0 amide bonds. The molecule has 3 nitrogen and oxygen atoms in total. The molecule has 1 fully saturated rings. The van der Waals surface area contributed by atoms with Gasteiger partial charge in [-0.2, -0.15) is 0 Å². The van der Waals surface area contributed by atoms with E-state index < -0.39 is 0 Å². The van der Waals surface area contributed by atoms with Crippen molar-refractivity contribution in [3.05, 3.63) is 22.9 Å². The summed E-state index contributed by atoms with van der Waals surface area (Å²) in [5, 5.41) is 0. The number of rotatable bonds is 3. The van der Waals surface area contributed by atoms with E-state index in [9.17, 15) is 0 Å². The number of aromatic nitrogens is 1. The zero-order chi connectivity index (χ0) is 12.3.